The molecule has 0 saturated carbocycles. The van der Waals surface area contributed by atoms with Gasteiger partial charge in [-0.1, -0.05) is 41.5 Å². The van der Waals surface area contributed by atoms with Crippen molar-refractivity contribution in [2.45, 2.75) is 129 Å². The van der Waals surface area contributed by atoms with E-state index in [4.69, 9.17) is 23.1 Å². The molecule has 0 aliphatic carbocycles. The summed E-state index contributed by atoms with van der Waals surface area (Å²) in [4.78, 5) is 14.4. The summed E-state index contributed by atoms with van der Waals surface area (Å²) < 4.78 is 32.2. The summed E-state index contributed by atoms with van der Waals surface area (Å²) in [5.41, 5.74) is 0.943. The van der Waals surface area contributed by atoms with Gasteiger partial charge in [0.15, 0.2) is 22.4 Å². The quantitative estimate of drug-likeness (QED) is 0.263. The average molecular weight is 607 g/mol. The Hall–Kier alpha value is -1.91. The molecular weight excluding hydrogens is 553 g/mol. The first kappa shape index (κ1) is 35.3. The Morgan fingerprint density at radius 1 is 1.00 bits per heavy atom. The molecular formula is C31H54N2O6Si2. The second-order valence-electron chi connectivity index (χ2n) is 14.1. The van der Waals surface area contributed by atoms with Crippen molar-refractivity contribution in [1.82, 2.24) is 4.90 Å². The van der Waals surface area contributed by atoms with Crippen LogP contribution in [-0.2, 0) is 13.6 Å². The molecule has 10 heteroatoms. The van der Waals surface area contributed by atoms with Crippen molar-refractivity contribution < 1.29 is 27.9 Å². The molecule has 1 saturated heterocycles. The molecule has 0 N–H and O–H groups in total. The summed E-state index contributed by atoms with van der Waals surface area (Å²) in [5, 5.41) is 9.88. The van der Waals surface area contributed by atoms with Crippen LogP contribution in [0.5, 0.6) is 11.5 Å². The zero-order valence-corrected chi connectivity index (χ0v) is 29.9. The minimum atomic E-state index is -2.18. The predicted octanol–water partition coefficient (Wildman–Crippen LogP) is 8.04. The summed E-state index contributed by atoms with van der Waals surface area (Å²) in [6, 6.07) is 5.48. The maximum Gasteiger partial charge on any atom is 0.415 e. The molecule has 1 amide bonds. The third-order valence-electron chi connectivity index (χ3n) is 9.16. The molecule has 1 aliphatic heterocycles. The van der Waals surface area contributed by atoms with E-state index in [0.717, 1.165) is 5.56 Å². The van der Waals surface area contributed by atoms with Crippen LogP contribution in [0.2, 0.25) is 36.3 Å². The molecule has 0 spiro atoms. The highest BCUT2D eigenvalue weighted by Gasteiger charge is 2.49. The van der Waals surface area contributed by atoms with Crippen LogP contribution in [0, 0.1) is 11.3 Å². The van der Waals surface area contributed by atoms with Gasteiger partial charge in [0.2, 0.25) is 0 Å². The predicted molar refractivity (Wildman–Crippen MR) is 169 cm³/mol. The van der Waals surface area contributed by atoms with Crippen LogP contribution in [0.3, 0.4) is 0 Å². The van der Waals surface area contributed by atoms with Crippen molar-refractivity contribution in [3.05, 3.63) is 23.3 Å². The fourth-order valence-electron chi connectivity index (χ4n) is 4.42. The molecule has 1 aromatic rings. The lowest BCUT2D eigenvalue weighted by atomic mass is 9.93. The molecule has 1 heterocycles. The molecule has 2 rings (SSSR count). The minimum absolute atomic E-state index is 0.0174. The first-order valence-electron chi connectivity index (χ1n) is 14.8. The second-order valence-corrected chi connectivity index (χ2v) is 23.6. The van der Waals surface area contributed by atoms with Crippen molar-refractivity contribution in [1.29, 1.82) is 5.26 Å². The molecule has 8 nitrogen and oxygen atoms in total. The normalized spacial score (nSPS) is 22.2. The van der Waals surface area contributed by atoms with Gasteiger partial charge in [0.1, 0.15) is 11.8 Å². The highest BCUT2D eigenvalue weighted by Crippen LogP contribution is 2.46. The molecule has 4 atom stereocenters. The van der Waals surface area contributed by atoms with Gasteiger partial charge >= 0.3 is 6.09 Å². The number of nitrogens with zero attached hydrogens (tertiary/aromatic N) is 2. The Morgan fingerprint density at radius 3 is 2.00 bits per heavy atom. The van der Waals surface area contributed by atoms with Crippen LogP contribution in [0.1, 0.15) is 86.0 Å². The maximum atomic E-state index is 12.8. The lowest BCUT2D eigenvalue weighted by molar-refractivity contribution is -0.154. The number of hydrogen-bond donors (Lipinski definition) is 0. The first-order chi connectivity index (χ1) is 18.7. The van der Waals surface area contributed by atoms with Crippen LogP contribution in [-0.4, -0.2) is 66.1 Å². The summed E-state index contributed by atoms with van der Waals surface area (Å²) in [5.74, 6) is 0.703. The molecule has 232 valence electrons. The number of carbonyl (C=O) groups is 1. The molecule has 41 heavy (non-hydrogen) atoms. The van der Waals surface area contributed by atoms with E-state index in [-0.39, 0.29) is 39.7 Å². The topological polar surface area (TPSA) is 90.2 Å². The number of amides is 1. The summed E-state index contributed by atoms with van der Waals surface area (Å²) in [6.07, 6.45) is -1.07. The molecule has 0 radical (unpaired) electrons. The van der Waals surface area contributed by atoms with Gasteiger partial charge in [0.25, 0.3) is 0 Å². The number of carbonyl (C=O) groups excluding carboxylic acids is 1. The van der Waals surface area contributed by atoms with Crippen LogP contribution < -0.4 is 9.47 Å². The van der Waals surface area contributed by atoms with Crippen molar-refractivity contribution >= 4 is 22.7 Å². The molecule has 0 bridgehead atoms. The van der Waals surface area contributed by atoms with Crippen molar-refractivity contribution in [2.75, 3.05) is 20.2 Å². The number of hydrogen-bond acceptors (Lipinski definition) is 7. The smallest absolute Gasteiger partial charge is 0.415 e. The lowest BCUT2D eigenvalue weighted by Crippen LogP contribution is -2.57. The fourth-order valence-corrected chi connectivity index (χ4v) is 7.13. The van der Waals surface area contributed by atoms with Crippen LogP contribution >= 0.6 is 0 Å². The Kier molecular flexibility index (Phi) is 11.3. The third-order valence-corrected chi connectivity index (χ3v) is 18.1. The van der Waals surface area contributed by atoms with E-state index < -0.39 is 28.8 Å². The van der Waals surface area contributed by atoms with Crippen LogP contribution in [0.15, 0.2) is 12.1 Å². The highest BCUT2D eigenvalue weighted by atomic mass is 28.4. The van der Waals surface area contributed by atoms with Crippen LogP contribution in [0.25, 0.3) is 0 Å². The van der Waals surface area contributed by atoms with E-state index in [2.05, 4.69) is 73.8 Å². The van der Waals surface area contributed by atoms with Crippen molar-refractivity contribution in [3.63, 3.8) is 0 Å². The van der Waals surface area contributed by atoms with Crippen LogP contribution in [0.4, 0.5) is 4.79 Å². The van der Waals surface area contributed by atoms with E-state index in [0.29, 0.717) is 25.3 Å². The van der Waals surface area contributed by atoms with E-state index in [1.165, 1.54) is 0 Å². The second kappa shape index (κ2) is 13.2. The van der Waals surface area contributed by atoms with Crippen molar-refractivity contribution in [2.24, 2.45) is 0 Å². The average Bonchev–Trinajstić information content (AvgIpc) is 2.84. The summed E-state index contributed by atoms with van der Waals surface area (Å²) >= 11 is 0. The van der Waals surface area contributed by atoms with Gasteiger partial charge in [0.05, 0.1) is 37.1 Å². The Morgan fingerprint density at radius 2 is 1.54 bits per heavy atom. The molecule has 1 aromatic carbocycles. The monoisotopic (exact) mass is 606 g/mol. The van der Waals surface area contributed by atoms with Gasteiger partial charge in [-0.3, -0.25) is 0 Å². The minimum Gasteiger partial charge on any atom is -0.496 e. The van der Waals surface area contributed by atoms with Gasteiger partial charge in [-0.05, 0) is 63.1 Å². The van der Waals surface area contributed by atoms with Gasteiger partial charge in [-0.25, -0.2) is 4.79 Å². The van der Waals surface area contributed by atoms with Gasteiger partial charge in [0, 0.05) is 31.1 Å². The number of benzene rings is 1. The van der Waals surface area contributed by atoms with Gasteiger partial charge in [-0.15, -0.1) is 0 Å². The molecule has 0 unspecified atom stereocenters. The molecule has 1 fully saturated rings. The SMILES string of the molecule is CCN(CC)C(=O)Oc1cc([C@H]2C[C@@H](O[Si](C)(C)C(C)(C)C)[C@H](O[Si](C)(C)C(C)(C)C)[C@@H](C)O2)c(OC)cc1C#N. The van der Waals surface area contributed by atoms with E-state index in [9.17, 15) is 10.1 Å². The molecule has 1 aliphatic rings. The summed E-state index contributed by atoms with van der Waals surface area (Å²) in [6.45, 7) is 29.3. The first-order valence-corrected chi connectivity index (χ1v) is 20.6. The largest absolute Gasteiger partial charge is 0.496 e. The van der Waals surface area contributed by atoms with Gasteiger partial charge < -0.3 is 28.0 Å². The number of ether oxygens (including phenoxy) is 3. The van der Waals surface area contributed by atoms with Crippen molar-refractivity contribution in [3.8, 4) is 17.6 Å². The third kappa shape index (κ3) is 8.14. The number of methoxy groups -OCH3 is 1. The van der Waals surface area contributed by atoms with E-state index in [1.807, 2.05) is 20.8 Å². The Balaban J connectivity index is 2.58. The number of nitriles is 1. The fraction of sp³-hybridized carbons (Fsp3) is 0.742. The Labute approximate surface area is 250 Å². The summed E-state index contributed by atoms with van der Waals surface area (Å²) in [7, 11) is -2.75. The van der Waals surface area contributed by atoms with E-state index >= 15 is 0 Å². The highest BCUT2D eigenvalue weighted by molar-refractivity contribution is 6.74. The standard InChI is InChI=1S/C31H54N2O6Si2/c1-15-33(16-2)29(34)37-24-18-23(25(35-10)17-22(24)20-32)26-19-27(38-40(11,12)30(4,5)6)28(21(3)36-26)39-41(13,14)31(7,8)9/h17-18,21,26-28H,15-16,19H2,1-14H3/t21-,26-,27-,28-/m1/s1. The lowest BCUT2D eigenvalue weighted by Gasteiger charge is -2.50. The van der Waals surface area contributed by atoms with Gasteiger partial charge in [-0.2, -0.15) is 5.26 Å². The zero-order chi connectivity index (χ0) is 31.6. The maximum absolute atomic E-state index is 12.8. The molecule has 0 aromatic heterocycles. The Bertz CT molecular complexity index is 1100. The zero-order valence-electron chi connectivity index (χ0n) is 27.9. The van der Waals surface area contributed by atoms with E-state index in [1.54, 1.807) is 24.1 Å². The number of rotatable bonds is 9.